The Morgan fingerprint density at radius 1 is 0.949 bits per heavy atom. The maximum atomic E-state index is 16.3. The molecule has 0 saturated carbocycles. The van der Waals surface area contributed by atoms with Gasteiger partial charge in [-0.05, 0) is 43.5 Å². The minimum absolute atomic E-state index is 0.176. The minimum atomic E-state index is -5.79. The molecule has 1 heterocycles. The van der Waals surface area contributed by atoms with E-state index in [9.17, 15) is 35.9 Å². The predicted octanol–water partition coefficient (Wildman–Crippen LogP) is 6.26. The normalized spacial score (nSPS) is 19.5. The van der Waals surface area contributed by atoms with E-state index in [0.717, 1.165) is 24.3 Å². The van der Waals surface area contributed by atoms with Crippen molar-refractivity contribution in [2.45, 2.75) is 50.5 Å². The molecule has 0 bridgehead atoms. The first-order valence-corrected chi connectivity index (χ1v) is 11.6. The second kappa shape index (κ2) is 10.9. The summed E-state index contributed by atoms with van der Waals surface area (Å²) < 4.78 is 123. The third-order valence-corrected chi connectivity index (χ3v) is 5.97. The molecule has 0 aromatic heterocycles. The summed E-state index contributed by atoms with van der Waals surface area (Å²) in [5, 5.41) is 1.33. The molecule has 3 rings (SSSR count). The van der Waals surface area contributed by atoms with Crippen LogP contribution >= 0.6 is 0 Å². The summed E-state index contributed by atoms with van der Waals surface area (Å²) in [7, 11) is 0. The molecule has 2 aromatic carbocycles. The molecular weight excluding hydrogens is 542 g/mol. The fraction of sp³-hybridized carbons (Fsp3) is 0.385. The van der Waals surface area contributed by atoms with Crippen LogP contribution in [0.25, 0.3) is 5.57 Å². The number of nitrogens with one attached hydrogen (secondary N) is 1. The summed E-state index contributed by atoms with van der Waals surface area (Å²) in [5.41, 5.74) is -8.06. The Morgan fingerprint density at radius 3 is 2.05 bits per heavy atom. The summed E-state index contributed by atoms with van der Waals surface area (Å²) in [4.78, 5) is 25.5. The van der Waals surface area contributed by atoms with Crippen LogP contribution in [0.2, 0.25) is 0 Å². The number of hydrogen-bond acceptors (Lipinski definition) is 4. The van der Waals surface area contributed by atoms with Crippen molar-refractivity contribution in [2.75, 3.05) is 13.2 Å². The van der Waals surface area contributed by atoms with Gasteiger partial charge in [-0.15, -0.1) is 0 Å². The number of carbonyl (C=O) groups excluding carboxylic acids is 2. The zero-order valence-electron chi connectivity index (χ0n) is 20.6. The first-order chi connectivity index (χ1) is 18.0. The molecule has 0 saturated heterocycles. The van der Waals surface area contributed by atoms with Gasteiger partial charge < -0.3 is 14.8 Å². The van der Waals surface area contributed by atoms with Crippen molar-refractivity contribution < 1.29 is 54.2 Å². The molecule has 1 N–H and O–H groups in total. The van der Waals surface area contributed by atoms with Crippen molar-refractivity contribution >= 4 is 17.4 Å². The predicted molar refractivity (Wildman–Crippen MR) is 123 cm³/mol. The van der Waals surface area contributed by atoms with Crippen LogP contribution in [0, 0.1) is 6.92 Å². The largest absolute Gasteiger partial charge is 0.494 e. The second-order valence-corrected chi connectivity index (χ2v) is 8.70. The number of amides is 1. The fourth-order valence-corrected chi connectivity index (χ4v) is 4.14. The van der Waals surface area contributed by atoms with Crippen LogP contribution < -0.4 is 10.1 Å². The molecule has 39 heavy (non-hydrogen) atoms. The summed E-state index contributed by atoms with van der Waals surface area (Å²) >= 11 is 0. The molecule has 0 aliphatic carbocycles. The van der Waals surface area contributed by atoms with Gasteiger partial charge in [0.25, 0.3) is 5.91 Å². The summed E-state index contributed by atoms with van der Waals surface area (Å²) in [6, 6.07) is 7.78. The van der Waals surface area contributed by atoms with Gasteiger partial charge in [0.1, 0.15) is 11.3 Å². The highest BCUT2D eigenvalue weighted by Crippen LogP contribution is 2.57. The van der Waals surface area contributed by atoms with E-state index in [1.807, 2.05) is 0 Å². The Bertz CT molecular complexity index is 1230. The monoisotopic (exact) mass is 565 g/mol. The molecule has 1 amide bonds. The Balaban J connectivity index is 2.14. The molecule has 1 aliphatic rings. The van der Waals surface area contributed by atoms with Crippen LogP contribution in [0.1, 0.15) is 36.5 Å². The van der Waals surface area contributed by atoms with Crippen molar-refractivity contribution in [1.29, 1.82) is 0 Å². The zero-order chi connectivity index (χ0) is 29.2. The lowest BCUT2D eigenvalue weighted by Gasteiger charge is -2.46. The smallest absolute Gasteiger partial charge is 0.422 e. The quantitative estimate of drug-likeness (QED) is 0.178. The molecule has 13 heteroatoms. The molecule has 212 valence electrons. The van der Waals surface area contributed by atoms with Crippen molar-refractivity contribution in [3.63, 3.8) is 0 Å². The number of ether oxygens (including phenoxy) is 2. The highest BCUT2D eigenvalue weighted by Gasteiger charge is 2.75. The summed E-state index contributed by atoms with van der Waals surface area (Å²) in [6.07, 6.45) is -11.8. The number of alkyl halides is 8. The number of benzene rings is 2. The highest BCUT2D eigenvalue weighted by molar-refractivity contribution is 6.24. The van der Waals surface area contributed by atoms with E-state index < -0.39 is 77.4 Å². The van der Waals surface area contributed by atoms with Gasteiger partial charge in [0.15, 0.2) is 0 Å². The van der Waals surface area contributed by atoms with Crippen LogP contribution in [-0.4, -0.2) is 43.4 Å². The van der Waals surface area contributed by atoms with Gasteiger partial charge >= 0.3 is 24.2 Å². The highest BCUT2D eigenvalue weighted by atomic mass is 19.4. The van der Waals surface area contributed by atoms with Crippen LogP contribution in [-0.2, 0) is 19.9 Å². The SMILES string of the molecule is CCOC(=O)C1=C(c2ccc(C)cc2)C(F)(F)C(c2ccc(OCCCC(F)(F)F)cc2)(C(F)(F)F)NC1=O. The first kappa shape index (κ1) is 29.9. The molecule has 0 radical (unpaired) electrons. The minimum Gasteiger partial charge on any atom is -0.494 e. The van der Waals surface area contributed by atoms with Gasteiger partial charge in [-0.2, -0.15) is 35.1 Å². The van der Waals surface area contributed by atoms with Crippen molar-refractivity contribution in [3.8, 4) is 5.75 Å². The maximum absolute atomic E-state index is 16.3. The average Bonchev–Trinajstić information content (AvgIpc) is 2.82. The van der Waals surface area contributed by atoms with E-state index in [-0.39, 0.29) is 12.4 Å². The molecule has 2 aromatic rings. The Morgan fingerprint density at radius 2 is 1.54 bits per heavy atom. The van der Waals surface area contributed by atoms with Gasteiger partial charge in [-0.3, -0.25) is 4.79 Å². The number of halogens is 8. The lowest BCUT2D eigenvalue weighted by atomic mass is 9.73. The molecular formula is C26H23F8NO4. The molecule has 1 atom stereocenters. The lowest BCUT2D eigenvalue weighted by molar-refractivity contribution is -0.255. The number of aryl methyl sites for hydroxylation is 1. The van der Waals surface area contributed by atoms with E-state index in [0.29, 0.717) is 17.7 Å². The van der Waals surface area contributed by atoms with Crippen LogP contribution in [0.15, 0.2) is 54.1 Å². The van der Waals surface area contributed by atoms with Gasteiger partial charge in [0.05, 0.1) is 18.8 Å². The van der Waals surface area contributed by atoms with Crippen LogP contribution in [0.5, 0.6) is 5.75 Å². The van der Waals surface area contributed by atoms with Crippen molar-refractivity contribution in [2.24, 2.45) is 0 Å². The van der Waals surface area contributed by atoms with Crippen LogP contribution in [0.3, 0.4) is 0 Å². The number of hydrogen-bond donors (Lipinski definition) is 1. The van der Waals surface area contributed by atoms with Crippen molar-refractivity contribution in [3.05, 3.63) is 70.8 Å². The van der Waals surface area contributed by atoms with E-state index in [1.165, 1.54) is 24.4 Å². The molecule has 0 fully saturated rings. The van der Waals surface area contributed by atoms with E-state index in [2.05, 4.69) is 0 Å². The third-order valence-electron chi connectivity index (χ3n) is 5.97. The third kappa shape index (κ3) is 5.86. The van der Waals surface area contributed by atoms with E-state index >= 15 is 8.78 Å². The maximum Gasteiger partial charge on any atom is 0.422 e. The standard InChI is InChI=1S/C26H23F8NO4/c1-3-38-22(37)19-20(16-7-5-15(2)6-8-16)25(30,31)24(26(32,33)34,35-21(19)36)17-9-11-18(12-10-17)39-14-4-13-23(27,28)29/h5-12H,3-4,13-14H2,1-2H3,(H,35,36). The Labute approximate surface area is 217 Å². The molecule has 1 unspecified atom stereocenters. The Kier molecular flexibility index (Phi) is 8.32. The van der Waals surface area contributed by atoms with Crippen LogP contribution in [0.4, 0.5) is 35.1 Å². The topological polar surface area (TPSA) is 64.6 Å². The second-order valence-electron chi connectivity index (χ2n) is 8.70. The van der Waals surface area contributed by atoms with E-state index in [1.54, 1.807) is 6.92 Å². The van der Waals surface area contributed by atoms with Gasteiger partial charge in [0.2, 0.25) is 5.54 Å². The van der Waals surface area contributed by atoms with Gasteiger partial charge in [0, 0.05) is 6.42 Å². The van der Waals surface area contributed by atoms with Gasteiger partial charge in [-0.1, -0.05) is 42.0 Å². The first-order valence-electron chi connectivity index (χ1n) is 11.6. The zero-order valence-corrected chi connectivity index (χ0v) is 20.6. The summed E-state index contributed by atoms with van der Waals surface area (Å²) in [5.74, 6) is -8.36. The number of esters is 1. The van der Waals surface area contributed by atoms with Crippen molar-refractivity contribution in [1.82, 2.24) is 5.32 Å². The number of carbonyl (C=O) groups is 2. The van der Waals surface area contributed by atoms with E-state index in [4.69, 9.17) is 9.47 Å². The average molecular weight is 565 g/mol. The Hall–Kier alpha value is -3.64. The molecule has 1 aliphatic heterocycles. The summed E-state index contributed by atoms with van der Waals surface area (Å²) in [6.45, 7) is 2.16. The molecule has 5 nitrogen and oxygen atoms in total. The molecule has 0 spiro atoms. The number of rotatable bonds is 8. The fourth-order valence-electron chi connectivity index (χ4n) is 4.14. The van der Waals surface area contributed by atoms with Gasteiger partial charge in [-0.25, -0.2) is 4.79 Å². The lowest BCUT2D eigenvalue weighted by Crippen LogP contribution is -2.69.